The summed E-state index contributed by atoms with van der Waals surface area (Å²) in [6.07, 6.45) is 0. The van der Waals surface area contributed by atoms with Gasteiger partial charge < -0.3 is 14.5 Å². The minimum atomic E-state index is -0.205. The molecule has 0 aliphatic carbocycles. The molecule has 0 aliphatic heterocycles. The van der Waals surface area contributed by atoms with Crippen LogP contribution in [0.2, 0.25) is 0 Å². The zero-order valence-corrected chi connectivity index (χ0v) is 19.0. The van der Waals surface area contributed by atoms with Gasteiger partial charge in [-0.05, 0) is 39.1 Å². The highest BCUT2D eigenvalue weighted by Gasteiger charge is 2.16. The highest BCUT2D eigenvalue weighted by molar-refractivity contribution is 5.81. The number of rotatable bonds is 7. The van der Waals surface area contributed by atoms with Gasteiger partial charge in [-0.2, -0.15) is 5.10 Å². The third kappa shape index (κ3) is 4.09. The summed E-state index contributed by atoms with van der Waals surface area (Å²) in [7, 11) is 5.10. The fourth-order valence-electron chi connectivity index (χ4n) is 3.90. The molecule has 8 nitrogen and oxygen atoms in total. The number of nitrogens with zero attached hydrogens (tertiary/aromatic N) is 4. The normalized spacial score (nSPS) is 11.3. The molecule has 4 aromatic rings. The molecule has 2 aromatic heterocycles. The van der Waals surface area contributed by atoms with Gasteiger partial charge in [0.1, 0.15) is 5.82 Å². The molecular formula is C24H27N5O3. The lowest BCUT2D eigenvalue weighted by molar-refractivity contribution is 0.309. The maximum absolute atomic E-state index is 12.7. The minimum Gasteiger partial charge on any atom is -0.493 e. The molecule has 0 spiro atoms. The van der Waals surface area contributed by atoms with Crippen molar-refractivity contribution in [1.82, 2.24) is 24.6 Å². The number of benzene rings is 2. The second kappa shape index (κ2) is 8.84. The van der Waals surface area contributed by atoms with Crippen LogP contribution >= 0.6 is 0 Å². The van der Waals surface area contributed by atoms with Gasteiger partial charge in [-0.25, -0.2) is 9.67 Å². The van der Waals surface area contributed by atoms with E-state index in [-0.39, 0.29) is 5.56 Å². The molecule has 2 heterocycles. The summed E-state index contributed by atoms with van der Waals surface area (Å²) in [5, 5.41) is 5.18. The summed E-state index contributed by atoms with van der Waals surface area (Å²) in [6, 6.07) is 13.5. The number of para-hydroxylation sites is 1. The van der Waals surface area contributed by atoms with Crippen molar-refractivity contribution in [1.29, 1.82) is 0 Å². The van der Waals surface area contributed by atoms with Crippen LogP contribution in [0.1, 0.15) is 22.8 Å². The molecule has 0 atom stereocenters. The van der Waals surface area contributed by atoms with Gasteiger partial charge in [0.05, 0.1) is 43.0 Å². The van der Waals surface area contributed by atoms with Gasteiger partial charge >= 0.3 is 0 Å². The molecule has 0 saturated heterocycles. The Balaban J connectivity index is 1.59. The van der Waals surface area contributed by atoms with Crippen molar-refractivity contribution in [3.63, 3.8) is 0 Å². The molecule has 2 aromatic carbocycles. The number of aromatic amines is 1. The molecule has 166 valence electrons. The second-order valence-corrected chi connectivity index (χ2v) is 7.81. The van der Waals surface area contributed by atoms with E-state index in [2.05, 4.69) is 21.8 Å². The molecule has 0 amide bonds. The van der Waals surface area contributed by atoms with E-state index in [1.165, 1.54) is 0 Å². The Labute approximate surface area is 186 Å². The van der Waals surface area contributed by atoms with E-state index < -0.39 is 0 Å². The Hall–Kier alpha value is -3.65. The van der Waals surface area contributed by atoms with Gasteiger partial charge in [-0.3, -0.25) is 9.69 Å². The summed E-state index contributed by atoms with van der Waals surface area (Å²) >= 11 is 0. The Bertz CT molecular complexity index is 1310. The highest BCUT2D eigenvalue weighted by atomic mass is 16.5. The lowest BCUT2D eigenvalue weighted by Crippen LogP contribution is -2.22. The maximum Gasteiger partial charge on any atom is 0.258 e. The van der Waals surface area contributed by atoms with Crippen LogP contribution in [0.25, 0.3) is 16.6 Å². The van der Waals surface area contributed by atoms with Crippen LogP contribution in [0.4, 0.5) is 0 Å². The number of hydrogen-bond donors (Lipinski definition) is 1. The monoisotopic (exact) mass is 433 g/mol. The van der Waals surface area contributed by atoms with Gasteiger partial charge in [0, 0.05) is 23.9 Å². The fraction of sp³-hybridized carbons (Fsp3) is 0.292. The van der Waals surface area contributed by atoms with Gasteiger partial charge in [0.15, 0.2) is 11.5 Å². The quantitative estimate of drug-likeness (QED) is 0.481. The van der Waals surface area contributed by atoms with E-state index in [4.69, 9.17) is 14.6 Å². The predicted molar refractivity (Wildman–Crippen MR) is 124 cm³/mol. The average molecular weight is 434 g/mol. The van der Waals surface area contributed by atoms with Crippen molar-refractivity contribution < 1.29 is 9.47 Å². The molecule has 1 N–H and O–H groups in total. The number of ether oxygens (including phenoxy) is 2. The minimum absolute atomic E-state index is 0.205. The van der Waals surface area contributed by atoms with Crippen molar-refractivity contribution >= 4 is 10.9 Å². The van der Waals surface area contributed by atoms with Gasteiger partial charge in [0.2, 0.25) is 0 Å². The van der Waals surface area contributed by atoms with E-state index in [0.717, 1.165) is 22.6 Å². The highest BCUT2D eigenvalue weighted by Crippen LogP contribution is 2.30. The number of hydrogen-bond acceptors (Lipinski definition) is 6. The number of aryl methyl sites for hydroxylation is 1. The van der Waals surface area contributed by atoms with E-state index in [1.54, 1.807) is 26.4 Å². The van der Waals surface area contributed by atoms with Crippen LogP contribution in [0, 0.1) is 13.8 Å². The van der Waals surface area contributed by atoms with Crippen molar-refractivity contribution in [3.8, 4) is 17.2 Å². The third-order valence-corrected chi connectivity index (χ3v) is 5.55. The van der Waals surface area contributed by atoms with Crippen molar-refractivity contribution in [2.24, 2.45) is 0 Å². The zero-order chi connectivity index (χ0) is 22.8. The van der Waals surface area contributed by atoms with Crippen LogP contribution in [-0.2, 0) is 13.1 Å². The first-order chi connectivity index (χ1) is 15.4. The van der Waals surface area contributed by atoms with Gasteiger partial charge in [-0.15, -0.1) is 0 Å². The van der Waals surface area contributed by atoms with Crippen LogP contribution in [0.15, 0.2) is 47.3 Å². The van der Waals surface area contributed by atoms with Crippen LogP contribution in [0.5, 0.6) is 11.5 Å². The summed E-state index contributed by atoms with van der Waals surface area (Å²) in [6.45, 7) is 5.25. The maximum atomic E-state index is 12.7. The largest absolute Gasteiger partial charge is 0.493 e. The molecule has 8 heteroatoms. The van der Waals surface area contributed by atoms with Crippen molar-refractivity contribution in [3.05, 3.63) is 75.6 Å². The number of methoxy groups -OCH3 is 2. The lowest BCUT2D eigenvalue weighted by atomic mass is 10.2. The number of aromatic nitrogens is 4. The lowest BCUT2D eigenvalue weighted by Gasteiger charge is -2.17. The predicted octanol–water partition coefficient (Wildman–Crippen LogP) is 3.37. The van der Waals surface area contributed by atoms with E-state index >= 15 is 0 Å². The molecule has 0 aliphatic rings. The van der Waals surface area contributed by atoms with Crippen LogP contribution < -0.4 is 15.0 Å². The van der Waals surface area contributed by atoms with E-state index in [9.17, 15) is 4.79 Å². The first-order valence-electron chi connectivity index (χ1n) is 10.3. The summed E-state index contributed by atoms with van der Waals surface area (Å²) < 4.78 is 12.6. The second-order valence-electron chi connectivity index (χ2n) is 7.81. The molecule has 0 unspecified atom stereocenters. The first-order valence-corrected chi connectivity index (χ1v) is 10.3. The number of H-pyrrole nitrogens is 1. The molecule has 32 heavy (non-hydrogen) atoms. The molecular weight excluding hydrogens is 406 g/mol. The molecule has 0 fully saturated rings. The Morgan fingerprint density at radius 2 is 1.72 bits per heavy atom. The van der Waals surface area contributed by atoms with E-state index in [0.29, 0.717) is 41.3 Å². The number of fused-ring (bicyclic) bond motifs is 1. The summed E-state index contributed by atoms with van der Waals surface area (Å²) in [4.78, 5) is 22.3. The Kier molecular flexibility index (Phi) is 5.96. The molecule has 0 radical (unpaired) electrons. The zero-order valence-electron chi connectivity index (χ0n) is 19.0. The third-order valence-electron chi connectivity index (χ3n) is 5.55. The standard InChI is InChI=1S/C24H27N5O3/c1-15-19(16(2)29(27-15)17-9-7-6-8-10-17)13-28(3)14-23-25-20-12-22(32-5)21(31-4)11-18(20)24(30)26-23/h6-12H,13-14H2,1-5H3,(H,25,26,30). The topological polar surface area (TPSA) is 85.3 Å². The summed E-state index contributed by atoms with van der Waals surface area (Å²) in [5.74, 6) is 1.62. The molecule has 4 rings (SSSR count). The molecule has 0 saturated carbocycles. The van der Waals surface area contributed by atoms with Gasteiger partial charge in [-0.1, -0.05) is 18.2 Å². The molecule has 0 bridgehead atoms. The van der Waals surface area contributed by atoms with Crippen molar-refractivity contribution in [2.45, 2.75) is 26.9 Å². The fourth-order valence-corrected chi connectivity index (χ4v) is 3.90. The number of nitrogens with one attached hydrogen (secondary N) is 1. The Morgan fingerprint density at radius 1 is 1.03 bits per heavy atom. The smallest absolute Gasteiger partial charge is 0.258 e. The first kappa shape index (κ1) is 21.6. The Morgan fingerprint density at radius 3 is 2.41 bits per heavy atom. The van der Waals surface area contributed by atoms with Crippen LogP contribution in [-0.4, -0.2) is 45.9 Å². The van der Waals surface area contributed by atoms with Crippen molar-refractivity contribution in [2.75, 3.05) is 21.3 Å². The summed E-state index contributed by atoms with van der Waals surface area (Å²) in [5.41, 5.74) is 4.63. The average Bonchev–Trinajstić information content (AvgIpc) is 3.07. The van der Waals surface area contributed by atoms with Gasteiger partial charge in [0.25, 0.3) is 5.56 Å². The van der Waals surface area contributed by atoms with E-state index in [1.807, 2.05) is 49.0 Å². The SMILES string of the molecule is COc1cc2nc(CN(C)Cc3c(C)nn(-c4ccccc4)c3C)[nH]c(=O)c2cc1OC. The van der Waals surface area contributed by atoms with Crippen LogP contribution in [0.3, 0.4) is 0 Å².